The average molecular weight is 432 g/mol. The average Bonchev–Trinajstić information content (AvgIpc) is 3.33. The fraction of sp³-hybridized carbons (Fsp3) is 0.125. The molecule has 0 saturated heterocycles. The van der Waals surface area contributed by atoms with Crippen LogP contribution in [0.2, 0.25) is 0 Å². The number of hydrogen-bond donors (Lipinski definition) is 1. The second kappa shape index (κ2) is 9.86. The zero-order valence-electron chi connectivity index (χ0n) is 16.9. The van der Waals surface area contributed by atoms with E-state index in [4.69, 9.17) is 9.47 Å². The highest BCUT2D eigenvalue weighted by Crippen LogP contribution is 2.34. The molecule has 0 aliphatic heterocycles. The maximum atomic E-state index is 12.4. The number of methoxy groups -OCH3 is 1. The Balaban J connectivity index is 1.43. The molecule has 2 aromatic heterocycles. The van der Waals surface area contributed by atoms with E-state index >= 15 is 0 Å². The first-order valence-electron chi connectivity index (χ1n) is 9.70. The standard InChI is InChI=1S/C24H21N3O3S/c1-29-22-12-19(9-10-21(22)30-15-17-6-3-2-4-7-17)24-27-20(16-31-24)23(28)26-14-18-8-5-11-25-13-18/h2-13,16H,14-15H2,1H3,(H,26,28). The van der Waals surface area contributed by atoms with E-state index in [1.807, 2.05) is 60.7 Å². The van der Waals surface area contributed by atoms with Gasteiger partial charge in [-0.1, -0.05) is 36.4 Å². The number of rotatable bonds is 8. The molecule has 156 valence electrons. The summed E-state index contributed by atoms with van der Waals surface area (Å²) in [7, 11) is 1.60. The highest BCUT2D eigenvalue weighted by Gasteiger charge is 2.14. The molecule has 7 heteroatoms. The molecular weight excluding hydrogens is 410 g/mol. The fourth-order valence-electron chi connectivity index (χ4n) is 2.94. The SMILES string of the molecule is COc1cc(-c2nc(C(=O)NCc3cccnc3)cs2)ccc1OCc1ccccc1. The number of pyridine rings is 1. The summed E-state index contributed by atoms with van der Waals surface area (Å²) in [4.78, 5) is 21.0. The molecule has 1 N–H and O–H groups in total. The van der Waals surface area contributed by atoms with E-state index in [-0.39, 0.29) is 5.91 Å². The van der Waals surface area contributed by atoms with Crippen LogP contribution in [0.1, 0.15) is 21.6 Å². The van der Waals surface area contributed by atoms with Gasteiger partial charge in [0, 0.05) is 29.9 Å². The van der Waals surface area contributed by atoms with Crippen LogP contribution in [0, 0.1) is 0 Å². The van der Waals surface area contributed by atoms with Crippen molar-refractivity contribution in [2.75, 3.05) is 7.11 Å². The van der Waals surface area contributed by atoms with E-state index in [0.717, 1.165) is 21.7 Å². The number of benzene rings is 2. The lowest BCUT2D eigenvalue weighted by atomic mass is 10.2. The number of thiazole rings is 1. The van der Waals surface area contributed by atoms with Crippen LogP contribution in [0.3, 0.4) is 0 Å². The number of nitrogens with one attached hydrogen (secondary N) is 1. The van der Waals surface area contributed by atoms with Crippen molar-refractivity contribution >= 4 is 17.2 Å². The van der Waals surface area contributed by atoms with Crippen LogP contribution in [-0.4, -0.2) is 23.0 Å². The summed E-state index contributed by atoms with van der Waals surface area (Å²) in [6.45, 7) is 0.857. The summed E-state index contributed by atoms with van der Waals surface area (Å²) >= 11 is 1.41. The van der Waals surface area contributed by atoms with Crippen molar-refractivity contribution in [1.29, 1.82) is 0 Å². The Morgan fingerprint density at radius 2 is 1.87 bits per heavy atom. The molecule has 0 spiro atoms. The predicted octanol–water partition coefficient (Wildman–Crippen LogP) is 4.72. The van der Waals surface area contributed by atoms with Crippen molar-refractivity contribution in [1.82, 2.24) is 15.3 Å². The molecule has 6 nitrogen and oxygen atoms in total. The summed E-state index contributed by atoms with van der Waals surface area (Å²) in [5, 5.41) is 5.35. The van der Waals surface area contributed by atoms with Crippen molar-refractivity contribution < 1.29 is 14.3 Å². The van der Waals surface area contributed by atoms with Crippen molar-refractivity contribution in [2.24, 2.45) is 0 Å². The van der Waals surface area contributed by atoms with Gasteiger partial charge in [0.15, 0.2) is 11.5 Å². The molecule has 0 saturated carbocycles. The molecule has 0 fully saturated rings. The zero-order valence-corrected chi connectivity index (χ0v) is 17.8. The lowest BCUT2D eigenvalue weighted by Gasteiger charge is -2.11. The van der Waals surface area contributed by atoms with Gasteiger partial charge in [-0.25, -0.2) is 4.98 Å². The van der Waals surface area contributed by atoms with Crippen LogP contribution >= 0.6 is 11.3 Å². The molecule has 0 unspecified atom stereocenters. The Hall–Kier alpha value is -3.71. The van der Waals surface area contributed by atoms with E-state index in [2.05, 4.69) is 15.3 Å². The van der Waals surface area contributed by atoms with E-state index in [0.29, 0.717) is 30.3 Å². The number of carbonyl (C=O) groups is 1. The van der Waals surface area contributed by atoms with Gasteiger partial charge >= 0.3 is 0 Å². The van der Waals surface area contributed by atoms with Crippen LogP contribution in [-0.2, 0) is 13.2 Å². The lowest BCUT2D eigenvalue weighted by Crippen LogP contribution is -2.23. The Bertz CT molecular complexity index is 1150. The van der Waals surface area contributed by atoms with Gasteiger partial charge in [0.05, 0.1) is 7.11 Å². The molecule has 0 aliphatic carbocycles. The molecule has 1 amide bonds. The van der Waals surface area contributed by atoms with Crippen LogP contribution in [0.15, 0.2) is 78.4 Å². The van der Waals surface area contributed by atoms with Crippen LogP contribution < -0.4 is 14.8 Å². The van der Waals surface area contributed by atoms with Crippen molar-refractivity contribution in [3.8, 4) is 22.1 Å². The normalized spacial score (nSPS) is 10.5. The van der Waals surface area contributed by atoms with Gasteiger partial charge in [0.25, 0.3) is 5.91 Å². The van der Waals surface area contributed by atoms with Gasteiger partial charge in [-0.3, -0.25) is 9.78 Å². The minimum atomic E-state index is -0.221. The summed E-state index contributed by atoms with van der Waals surface area (Å²) in [5.74, 6) is 1.05. The molecule has 4 aromatic rings. The molecule has 0 atom stereocenters. The monoisotopic (exact) mass is 431 g/mol. The minimum Gasteiger partial charge on any atom is -0.493 e. The molecule has 0 radical (unpaired) electrons. The Kier molecular flexibility index (Phi) is 6.54. The zero-order chi connectivity index (χ0) is 21.5. The largest absolute Gasteiger partial charge is 0.493 e. The number of hydrogen-bond acceptors (Lipinski definition) is 6. The van der Waals surface area contributed by atoms with Gasteiger partial charge in [-0.2, -0.15) is 0 Å². The van der Waals surface area contributed by atoms with Crippen molar-refractivity contribution in [3.63, 3.8) is 0 Å². The Labute approximate surface area is 184 Å². The van der Waals surface area contributed by atoms with Crippen LogP contribution in [0.25, 0.3) is 10.6 Å². The highest BCUT2D eigenvalue weighted by molar-refractivity contribution is 7.13. The Morgan fingerprint density at radius 1 is 1.03 bits per heavy atom. The molecule has 0 bridgehead atoms. The third kappa shape index (κ3) is 5.26. The molecule has 2 heterocycles. The van der Waals surface area contributed by atoms with Crippen LogP contribution in [0.4, 0.5) is 0 Å². The summed E-state index contributed by atoms with van der Waals surface area (Å²) in [6.07, 6.45) is 3.42. The topological polar surface area (TPSA) is 73.3 Å². The van der Waals surface area contributed by atoms with Crippen molar-refractivity contribution in [3.05, 3.63) is 95.3 Å². The number of nitrogens with zero attached hydrogens (tertiary/aromatic N) is 2. The maximum Gasteiger partial charge on any atom is 0.271 e. The first-order valence-corrected chi connectivity index (χ1v) is 10.6. The molecule has 2 aromatic carbocycles. The smallest absolute Gasteiger partial charge is 0.271 e. The Morgan fingerprint density at radius 3 is 2.65 bits per heavy atom. The first kappa shape index (κ1) is 20.6. The second-order valence-corrected chi connectivity index (χ2v) is 7.58. The van der Waals surface area contributed by atoms with Gasteiger partial charge in [-0.15, -0.1) is 11.3 Å². The van der Waals surface area contributed by atoms with Gasteiger partial charge in [0.1, 0.15) is 17.3 Å². The molecule has 4 rings (SSSR count). The van der Waals surface area contributed by atoms with Gasteiger partial charge < -0.3 is 14.8 Å². The minimum absolute atomic E-state index is 0.221. The third-order valence-electron chi connectivity index (χ3n) is 4.56. The third-order valence-corrected chi connectivity index (χ3v) is 5.45. The first-order chi connectivity index (χ1) is 15.2. The molecular formula is C24H21N3O3S. The van der Waals surface area contributed by atoms with E-state index in [1.54, 1.807) is 24.9 Å². The maximum absolute atomic E-state index is 12.4. The molecule has 0 aliphatic rings. The molecule has 31 heavy (non-hydrogen) atoms. The number of aromatic nitrogens is 2. The van der Waals surface area contributed by atoms with Gasteiger partial charge in [-0.05, 0) is 35.4 Å². The number of carbonyl (C=O) groups excluding carboxylic acids is 1. The van der Waals surface area contributed by atoms with E-state index in [1.165, 1.54) is 11.3 Å². The predicted molar refractivity (Wildman–Crippen MR) is 120 cm³/mol. The van der Waals surface area contributed by atoms with E-state index in [9.17, 15) is 4.79 Å². The number of ether oxygens (including phenoxy) is 2. The summed E-state index contributed by atoms with van der Waals surface area (Å²) in [6, 6.07) is 19.3. The van der Waals surface area contributed by atoms with Gasteiger partial charge in [0.2, 0.25) is 0 Å². The quantitative estimate of drug-likeness (QED) is 0.437. The highest BCUT2D eigenvalue weighted by atomic mass is 32.1. The fourth-order valence-corrected chi connectivity index (χ4v) is 3.74. The second-order valence-electron chi connectivity index (χ2n) is 6.72. The summed E-state index contributed by atoms with van der Waals surface area (Å²) in [5.41, 5.74) is 3.25. The van der Waals surface area contributed by atoms with E-state index < -0.39 is 0 Å². The lowest BCUT2D eigenvalue weighted by molar-refractivity contribution is 0.0946. The van der Waals surface area contributed by atoms with Crippen LogP contribution in [0.5, 0.6) is 11.5 Å². The summed E-state index contributed by atoms with van der Waals surface area (Å²) < 4.78 is 11.4. The number of amides is 1. The van der Waals surface area contributed by atoms with Crippen molar-refractivity contribution in [2.45, 2.75) is 13.2 Å².